The maximum Gasteiger partial charge on any atom is 0.250 e. The second-order valence-electron chi connectivity index (χ2n) is 8.11. The molecule has 0 unspecified atom stereocenters. The van der Waals surface area contributed by atoms with E-state index >= 15 is 0 Å². The summed E-state index contributed by atoms with van der Waals surface area (Å²) in [7, 11) is 0. The number of aromatic amines is 1. The van der Waals surface area contributed by atoms with E-state index in [0.29, 0.717) is 45.6 Å². The predicted molar refractivity (Wildman–Crippen MR) is 134 cm³/mol. The molecule has 5 rings (SSSR count). The first-order valence-electron chi connectivity index (χ1n) is 10.9. The lowest BCUT2D eigenvalue weighted by Gasteiger charge is -2.14. The Morgan fingerprint density at radius 3 is 2.44 bits per heavy atom. The van der Waals surface area contributed by atoms with Crippen LogP contribution in [0.3, 0.4) is 0 Å². The van der Waals surface area contributed by atoms with E-state index in [-0.39, 0.29) is 0 Å². The Labute approximate surface area is 205 Å². The number of ether oxygens (including phenoxy) is 1. The van der Waals surface area contributed by atoms with Crippen LogP contribution in [0.5, 0.6) is 11.6 Å². The molecule has 36 heavy (non-hydrogen) atoms. The molecular formula is C26H20N8O2. The van der Waals surface area contributed by atoms with Crippen molar-refractivity contribution in [3.05, 3.63) is 83.3 Å². The van der Waals surface area contributed by atoms with Crippen LogP contribution in [0, 0.1) is 25.2 Å². The fourth-order valence-corrected chi connectivity index (χ4v) is 3.76. The molecule has 4 N–H and O–H groups in total. The first kappa shape index (κ1) is 22.5. The quantitative estimate of drug-likeness (QED) is 0.322. The summed E-state index contributed by atoms with van der Waals surface area (Å²) in [6, 6.07) is 16.4. The zero-order valence-electron chi connectivity index (χ0n) is 19.4. The van der Waals surface area contributed by atoms with E-state index in [4.69, 9.17) is 15.7 Å². The van der Waals surface area contributed by atoms with Crippen LogP contribution in [0.25, 0.3) is 22.4 Å². The van der Waals surface area contributed by atoms with Crippen LogP contribution in [0.2, 0.25) is 0 Å². The average molecular weight is 477 g/mol. The number of aryl methyl sites for hydroxylation is 2. The molecule has 3 aromatic heterocycles. The number of H-pyrrole nitrogens is 1. The van der Waals surface area contributed by atoms with Crippen molar-refractivity contribution in [3.63, 3.8) is 0 Å². The van der Waals surface area contributed by atoms with Crippen LogP contribution in [0.1, 0.15) is 27.0 Å². The number of nitrogens with one attached hydrogen (secondary N) is 2. The van der Waals surface area contributed by atoms with E-state index in [1.54, 1.807) is 36.4 Å². The predicted octanol–water partition coefficient (Wildman–Crippen LogP) is 4.54. The number of amides is 1. The van der Waals surface area contributed by atoms with Crippen molar-refractivity contribution in [1.29, 1.82) is 5.26 Å². The number of nitrogens with zero attached hydrogens (tertiary/aromatic N) is 5. The molecule has 0 atom stereocenters. The molecule has 2 aromatic carbocycles. The van der Waals surface area contributed by atoms with Gasteiger partial charge in [-0.25, -0.2) is 4.98 Å². The number of primary amides is 1. The van der Waals surface area contributed by atoms with Crippen molar-refractivity contribution >= 4 is 28.7 Å². The summed E-state index contributed by atoms with van der Waals surface area (Å²) in [5.41, 5.74) is 11.3. The number of nitriles is 1. The highest BCUT2D eigenvalue weighted by molar-refractivity contribution is 5.92. The molecular weight excluding hydrogens is 456 g/mol. The molecule has 1 amide bonds. The Hall–Kier alpha value is -5.30. The number of pyridine rings is 1. The van der Waals surface area contributed by atoms with Crippen molar-refractivity contribution in [3.8, 4) is 29.0 Å². The molecule has 10 heteroatoms. The fraction of sp³-hybridized carbons (Fsp3) is 0.0769. The molecule has 10 nitrogen and oxygen atoms in total. The van der Waals surface area contributed by atoms with E-state index in [1.807, 2.05) is 26.0 Å². The van der Waals surface area contributed by atoms with Gasteiger partial charge >= 0.3 is 0 Å². The summed E-state index contributed by atoms with van der Waals surface area (Å²) in [6.45, 7) is 3.87. The minimum Gasteiger partial charge on any atom is -0.436 e. The maximum atomic E-state index is 11.3. The molecule has 0 saturated heterocycles. The molecule has 0 fully saturated rings. The van der Waals surface area contributed by atoms with Crippen LogP contribution in [-0.4, -0.2) is 30.8 Å². The number of hydrogen-bond acceptors (Lipinski definition) is 8. The summed E-state index contributed by atoms with van der Waals surface area (Å²) in [6.07, 6.45) is 2.99. The van der Waals surface area contributed by atoms with Crippen molar-refractivity contribution in [1.82, 2.24) is 24.9 Å². The lowest BCUT2D eigenvalue weighted by atomic mass is 10.0. The molecule has 0 aliphatic carbocycles. The van der Waals surface area contributed by atoms with Gasteiger partial charge in [0.1, 0.15) is 11.3 Å². The fourth-order valence-electron chi connectivity index (χ4n) is 3.76. The van der Waals surface area contributed by atoms with E-state index in [0.717, 1.165) is 22.4 Å². The van der Waals surface area contributed by atoms with Crippen LogP contribution in [0.15, 0.2) is 61.1 Å². The van der Waals surface area contributed by atoms with Gasteiger partial charge in [0.25, 0.3) is 5.88 Å². The van der Waals surface area contributed by atoms with Gasteiger partial charge in [0.2, 0.25) is 11.9 Å². The van der Waals surface area contributed by atoms with Gasteiger partial charge in [-0.05, 0) is 73.5 Å². The monoisotopic (exact) mass is 476 g/mol. The van der Waals surface area contributed by atoms with Crippen molar-refractivity contribution < 1.29 is 9.53 Å². The van der Waals surface area contributed by atoms with Crippen LogP contribution in [0.4, 0.5) is 11.6 Å². The summed E-state index contributed by atoms with van der Waals surface area (Å²) < 4.78 is 6.28. The van der Waals surface area contributed by atoms with Gasteiger partial charge < -0.3 is 20.8 Å². The van der Waals surface area contributed by atoms with E-state index in [2.05, 4.69) is 36.3 Å². The molecule has 3 heterocycles. The van der Waals surface area contributed by atoms with E-state index in [9.17, 15) is 4.79 Å². The third kappa shape index (κ3) is 4.41. The number of anilines is 2. The van der Waals surface area contributed by atoms with Gasteiger partial charge in [-0.3, -0.25) is 9.78 Å². The normalized spacial score (nSPS) is 10.7. The zero-order valence-corrected chi connectivity index (χ0v) is 19.4. The first-order valence-corrected chi connectivity index (χ1v) is 10.9. The molecule has 0 spiro atoms. The number of aromatic nitrogens is 5. The highest BCUT2D eigenvalue weighted by Crippen LogP contribution is 2.34. The Morgan fingerprint density at radius 2 is 1.81 bits per heavy atom. The van der Waals surface area contributed by atoms with E-state index < -0.39 is 5.91 Å². The number of carbonyl (C=O) groups is 1. The van der Waals surface area contributed by atoms with Crippen LogP contribution < -0.4 is 15.8 Å². The molecule has 0 saturated carbocycles. The smallest absolute Gasteiger partial charge is 0.250 e. The Kier molecular flexibility index (Phi) is 5.72. The molecule has 0 aliphatic heterocycles. The minimum absolute atomic E-state index is 0.306. The highest BCUT2D eigenvalue weighted by Gasteiger charge is 2.16. The number of hydrogen-bond donors (Lipinski definition) is 3. The Bertz CT molecular complexity index is 1610. The average Bonchev–Trinajstić information content (AvgIpc) is 3.35. The van der Waals surface area contributed by atoms with Gasteiger partial charge in [-0.1, -0.05) is 0 Å². The summed E-state index contributed by atoms with van der Waals surface area (Å²) >= 11 is 0. The third-order valence-electron chi connectivity index (χ3n) is 5.53. The van der Waals surface area contributed by atoms with Gasteiger partial charge in [-0.15, -0.1) is 0 Å². The number of imidazole rings is 1. The lowest BCUT2D eigenvalue weighted by molar-refractivity contribution is 0.1000. The molecule has 0 aliphatic rings. The molecule has 176 valence electrons. The Morgan fingerprint density at radius 1 is 1.06 bits per heavy atom. The van der Waals surface area contributed by atoms with Gasteiger partial charge in [-0.2, -0.15) is 15.2 Å². The summed E-state index contributed by atoms with van der Waals surface area (Å²) in [4.78, 5) is 32.0. The standard InChI is InChI=1S/C26H20N8O2/c1-14-9-18(20-8-5-17(12-29-20)23(28)35)10-15(2)22(14)36-25-21-24(31-13-30-21)33-26(34-25)32-19-6-3-16(11-27)4-7-19/h3-10,12-13H,1-2H3,(H2,28,35)(H2,30,31,32,33,34). The number of fused-ring (bicyclic) bond motifs is 1. The second-order valence-corrected chi connectivity index (χ2v) is 8.11. The summed E-state index contributed by atoms with van der Waals surface area (Å²) in [5.74, 6) is 0.746. The maximum absolute atomic E-state index is 11.3. The topological polar surface area (TPSA) is 155 Å². The number of nitrogens with two attached hydrogens (primary N) is 1. The summed E-state index contributed by atoms with van der Waals surface area (Å²) in [5, 5.41) is 12.1. The van der Waals surface area contributed by atoms with Crippen molar-refractivity contribution in [2.75, 3.05) is 5.32 Å². The lowest BCUT2D eigenvalue weighted by Crippen LogP contribution is -2.10. The van der Waals surface area contributed by atoms with Crippen molar-refractivity contribution in [2.45, 2.75) is 13.8 Å². The molecule has 0 bridgehead atoms. The first-order chi connectivity index (χ1) is 17.4. The minimum atomic E-state index is -0.520. The van der Waals surface area contributed by atoms with Gasteiger partial charge in [0.15, 0.2) is 5.65 Å². The van der Waals surface area contributed by atoms with Crippen LogP contribution in [-0.2, 0) is 0 Å². The highest BCUT2D eigenvalue weighted by atomic mass is 16.5. The third-order valence-corrected chi connectivity index (χ3v) is 5.53. The van der Waals surface area contributed by atoms with Crippen LogP contribution >= 0.6 is 0 Å². The molecule has 5 aromatic rings. The zero-order chi connectivity index (χ0) is 25.2. The van der Waals surface area contributed by atoms with E-state index in [1.165, 1.54) is 12.5 Å². The SMILES string of the molecule is Cc1cc(-c2ccc(C(N)=O)cn2)cc(C)c1Oc1nc(Nc2ccc(C#N)cc2)nc2nc[nH]c12. The van der Waals surface area contributed by atoms with Gasteiger partial charge in [0.05, 0.1) is 29.2 Å². The van der Waals surface area contributed by atoms with Crippen molar-refractivity contribution in [2.24, 2.45) is 5.73 Å². The Balaban J connectivity index is 1.47. The number of carbonyl (C=O) groups excluding carboxylic acids is 1. The number of rotatable bonds is 6. The van der Waals surface area contributed by atoms with Gasteiger partial charge in [0, 0.05) is 17.4 Å². The molecule has 0 radical (unpaired) electrons. The number of benzene rings is 2. The largest absolute Gasteiger partial charge is 0.436 e. The second kappa shape index (κ2) is 9.15.